The Bertz CT molecular complexity index is 442. The van der Waals surface area contributed by atoms with Gasteiger partial charge in [0.05, 0.1) is 6.61 Å². The zero-order valence-corrected chi connectivity index (χ0v) is 11.1. The second-order valence-corrected chi connectivity index (χ2v) is 4.64. The van der Waals surface area contributed by atoms with Gasteiger partial charge in [0.2, 0.25) is 0 Å². The molecule has 1 unspecified atom stereocenters. The third-order valence-corrected chi connectivity index (χ3v) is 3.17. The number of morpholine rings is 1. The maximum atomic E-state index is 11.6. The van der Waals surface area contributed by atoms with Crippen molar-refractivity contribution in [3.05, 3.63) is 27.9 Å². The van der Waals surface area contributed by atoms with E-state index in [0.717, 1.165) is 38.2 Å². The van der Waals surface area contributed by atoms with Crippen molar-refractivity contribution in [1.82, 2.24) is 14.9 Å². The lowest BCUT2D eigenvalue weighted by molar-refractivity contribution is -0.0344. The van der Waals surface area contributed by atoms with Crippen LogP contribution in [-0.2, 0) is 11.2 Å². The van der Waals surface area contributed by atoms with Crippen LogP contribution in [0, 0.1) is 0 Å². The van der Waals surface area contributed by atoms with Crippen LogP contribution in [0.4, 0.5) is 0 Å². The fourth-order valence-electron chi connectivity index (χ4n) is 2.25. The number of hydrogen-bond donors (Lipinski definition) is 1. The van der Waals surface area contributed by atoms with Gasteiger partial charge in [-0.25, -0.2) is 4.98 Å². The molecule has 0 aliphatic carbocycles. The lowest BCUT2D eigenvalue weighted by Gasteiger charge is -2.32. The second kappa shape index (κ2) is 6.11. The van der Waals surface area contributed by atoms with E-state index in [2.05, 4.69) is 21.8 Å². The Kier molecular flexibility index (Phi) is 4.49. The average molecular weight is 251 g/mol. The van der Waals surface area contributed by atoms with Crippen molar-refractivity contribution in [2.24, 2.45) is 0 Å². The van der Waals surface area contributed by atoms with Crippen molar-refractivity contribution >= 4 is 0 Å². The zero-order chi connectivity index (χ0) is 13.0. The van der Waals surface area contributed by atoms with Gasteiger partial charge in [-0.1, -0.05) is 13.8 Å². The molecule has 1 N–H and O–H groups in total. The normalized spacial score (nSPS) is 21.1. The lowest BCUT2D eigenvalue weighted by Crippen LogP contribution is -2.39. The molecule has 1 aromatic rings. The number of nitrogens with one attached hydrogen (secondary N) is 1. The Labute approximate surface area is 107 Å². The summed E-state index contributed by atoms with van der Waals surface area (Å²) in [5.74, 6) is 0.667. The Morgan fingerprint density at radius 1 is 1.56 bits per heavy atom. The van der Waals surface area contributed by atoms with Crippen LogP contribution in [-0.4, -0.2) is 41.1 Å². The predicted molar refractivity (Wildman–Crippen MR) is 69.7 cm³/mol. The summed E-state index contributed by atoms with van der Waals surface area (Å²) in [6.45, 7) is 7.70. The van der Waals surface area contributed by atoms with Gasteiger partial charge in [0.1, 0.15) is 11.9 Å². The first kappa shape index (κ1) is 13.2. The Balaban J connectivity index is 2.15. The summed E-state index contributed by atoms with van der Waals surface area (Å²) in [6, 6.07) is 1.55. The number of aryl methyl sites for hydroxylation is 1. The number of rotatable bonds is 4. The van der Waals surface area contributed by atoms with Gasteiger partial charge in [0, 0.05) is 24.8 Å². The molecule has 2 rings (SSSR count). The first-order valence-corrected chi connectivity index (χ1v) is 6.67. The highest BCUT2D eigenvalue weighted by Crippen LogP contribution is 2.18. The highest BCUT2D eigenvalue weighted by Gasteiger charge is 2.23. The van der Waals surface area contributed by atoms with E-state index in [4.69, 9.17) is 4.74 Å². The third-order valence-electron chi connectivity index (χ3n) is 3.17. The van der Waals surface area contributed by atoms with Crippen molar-refractivity contribution < 1.29 is 4.74 Å². The van der Waals surface area contributed by atoms with Gasteiger partial charge in [0.15, 0.2) is 0 Å². The minimum absolute atomic E-state index is 0.0898. The minimum Gasteiger partial charge on any atom is -0.368 e. The summed E-state index contributed by atoms with van der Waals surface area (Å²) in [4.78, 5) is 21.2. The van der Waals surface area contributed by atoms with Crippen LogP contribution < -0.4 is 5.56 Å². The van der Waals surface area contributed by atoms with Gasteiger partial charge >= 0.3 is 0 Å². The van der Waals surface area contributed by atoms with E-state index >= 15 is 0 Å². The molecule has 0 amide bonds. The summed E-state index contributed by atoms with van der Waals surface area (Å²) < 4.78 is 5.72. The monoisotopic (exact) mass is 251 g/mol. The number of hydrogen-bond acceptors (Lipinski definition) is 4. The summed E-state index contributed by atoms with van der Waals surface area (Å²) in [5.41, 5.74) is 0.734. The standard InChI is InChI=1S/C13H21N3O2/c1-3-5-16-6-7-18-11(9-16)13-14-10(4-2)8-12(17)15-13/h8,11H,3-7,9H2,1-2H3,(H,14,15,17). The van der Waals surface area contributed by atoms with E-state index in [0.29, 0.717) is 12.4 Å². The van der Waals surface area contributed by atoms with Gasteiger partial charge in [-0.2, -0.15) is 0 Å². The molecule has 0 saturated carbocycles. The fraction of sp³-hybridized carbons (Fsp3) is 0.692. The quantitative estimate of drug-likeness (QED) is 0.871. The highest BCUT2D eigenvalue weighted by atomic mass is 16.5. The number of aromatic amines is 1. The molecule has 1 atom stereocenters. The summed E-state index contributed by atoms with van der Waals surface area (Å²) in [7, 11) is 0. The number of nitrogens with zero attached hydrogens (tertiary/aromatic N) is 2. The van der Waals surface area contributed by atoms with Gasteiger partial charge in [0.25, 0.3) is 5.56 Å². The van der Waals surface area contributed by atoms with Gasteiger partial charge in [-0.05, 0) is 19.4 Å². The summed E-state index contributed by atoms with van der Waals surface area (Å²) in [6.07, 6.45) is 1.79. The van der Waals surface area contributed by atoms with Crippen LogP contribution in [0.15, 0.2) is 10.9 Å². The predicted octanol–water partition coefficient (Wildman–Crippen LogP) is 1.12. The highest BCUT2D eigenvalue weighted by molar-refractivity contribution is 5.05. The maximum absolute atomic E-state index is 11.6. The van der Waals surface area contributed by atoms with Gasteiger partial charge in [-0.3, -0.25) is 9.69 Å². The molecular weight excluding hydrogens is 230 g/mol. The molecule has 0 aromatic carbocycles. The van der Waals surface area contributed by atoms with E-state index in [1.54, 1.807) is 6.07 Å². The molecule has 100 valence electrons. The van der Waals surface area contributed by atoms with Crippen LogP contribution in [0.2, 0.25) is 0 Å². The maximum Gasteiger partial charge on any atom is 0.251 e. The number of H-pyrrole nitrogens is 1. The first-order chi connectivity index (χ1) is 8.72. The van der Waals surface area contributed by atoms with Crippen molar-refractivity contribution in [2.75, 3.05) is 26.2 Å². The molecule has 1 aliphatic heterocycles. The molecular formula is C13H21N3O2. The molecule has 5 heteroatoms. The minimum atomic E-state index is -0.107. The van der Waals surface area contributed by atoms with Crippen LogP contribution in [0.25, 0.3) is 0 Å². The van der Waals surface area contributed by atoms with Crippen LogP contribution >= 0.6 is 0 Å². The smallest absolute Gasteiger partial charge is 0.251 e. The van der Waals surface area contributed by atoms with Crippen LogP contribution in [0.1, 0.15) is 37.9 Å². The lowest BCUT2D eigenvalue weighted by atomic mass is 10.2. The van der Waals surface area contributed by atoms with Crippen molar-refractivity contribution in [2.45, 2.75) is 32.8 Å². The SMILES string of the molecule is CCCN1CCOC(c2nc(CC)cc(=O)[nH]2)C1. The molecule has 18 heavy (non-hydrogen) atoms. The topological polar surface area (TPSA) is 58.2 Å². The van der Waals surface area contributed by atoms with E-state index in [-0.39, 0.29) is 11.7 Å². The van der Waals surface area contributed by atoms with Crippen LogP contribution in [0.3, 0.4) is 0 Å². The summed E-state index contributed by atoms with van der Waals surface area (Å²) in [5, 5.41) is 0. The van der Waals surface area contributed by atoms with Crippen molar-refractivity contribution in [3.63, 3.8) is 0 Å². The van der Waals surface area contributed by atoms with Crippen LogP contribution in [0.5, 0.6) is 0 Å². The van der Waals surface area contributed by atoms with E-state index in [9.17, 15) is 4.79 Å². The third kappa shape index (κ3) is 3.17. The van der Waals surface area contributed by atoms with E-state index < -0.39 is 0 Å². The van der Waals surface area contributed by atoms with Gasteiger partial charge < -0.3 is 9.72 Å². The molecule has 1 saturated heterocycles. The number of aromatic nitrogens is 2. The molecule has 0 radical (unpaired) electrons. The molecule has 1 fully saturated rings. The fourth-order valence-corrected chi connectivity index (χ4v) is 2.25. The van der Waals surface area contributed by atoms with Crippen molar-refractivity contribution in [1.29, 1.82) is 0 Å². The Morgan fingerprint density at radius 3 is 3.11 bits per heavy atom. The largest absolute Gasteiger partial charge is 0.368 e. The second-order valence-electron chi connectivity index (χ2n) is 4.64. The molecule has 1 aliphatic rings. The van der Waals surface area contributed by atoms with Crippen molar-refractivity contribution in [3.8, 4) is 0 Å². The summed E-state index contributed by atoms with van der Waals surface area (Å²) >= 11 is 0. The molecule has 5 nitrogen and oxygen atoms in total. The molecule has 0 spiro atoms. The number of ether oxygens (including phenoxy) is 1. The van der Waals surface area contributed by atoms with E-state index in [1.165, 1.54) is 0 Å². The zero-order valence-electron chi connectivity index (χ0n) is 11.1. The molecule has 0 bridgehead atoms. The average Bonchev–Trinajstić information content (AvgIpc) is 2.39. The Hall–Kier alpha value is -1.20. The molecule has 2 heterocycles. The Morgan fingerprint density at radius 2 is 2.39 bits per heavy atom. The first-order valence-electron chi connectivity index (χ1n) is 6.67. The molecule has 1 aromatic heterocycles. The van der Waals surface area contributed by atoms with Gasteiger partial charge in [-0.15, -0.1) is 0 Å². The van der Waals surface area contributed by atoms with E-state index in [1.807, 2.05) is 6.92 Å².